The highest BCUT2D eigenvalue weighted by molar-refractivity contribution is 7.80. The summed E-state index contributed by atoms with van der Waals surface area (Å²) in [6, 6.07) is 7.99. The Morgan fingerprint density at radius 3 is 2.53 bits per heavy atom. The Hall–Kier alpha value is -1.13. The van der Waals surface area contributed by atoms with Crippen molar-refractivity contribution in [1.29, 1.82) is 0 Å². The van der Waals surface area contributed by atoms with Gasteiger partial charge in [-0.2, -0.15) is 0 Å². The number of thiocarbonyl (C=S) groups is 1. The standard InChI is InChI=1S/C13H19NO2S/c1-10(13(14)17)9-16-12-5-3-11(4-6-12)7-8-15-2/h3-6,10H,7-9H2,1-2H3,(H2,14,17). The molecular formula is C13H19NO2S. The molecule has 0 aliphatic carbocycles. The Labute approximate surface area is 108 Å². The predicted molar refractivity (Wildman–Crippen MR) is 73.5 cm³/mol. The quantitative estimate of drug-likeness (QED) is 0.756. The number of hydrogen-bond acceptors (Lipinski definition) is 3. The first-order valence-corrected chi connectivity index (χ1v) is 6.04. The normalized spacial score (nSPS) is 12.1. The molecule has 0 aliphatic rings. The topological polar surface area (TPSA) is 44.5 Å². The minimum absolute atomic E-state index is 0.0955. The van der Waals surface area contributed by atoms with Crippen LogP contribution >= 0.6 is 12.2 Å². The molecule has 4 heteroatoms. The van der Waals surface area contributed by atoms with Crippen LogP contribution < -0.4 is 10.5 Å². The lowest BCUT2D eigenvalue weighted by atomic mass is 10.1. The van der Waals surface area contributed by atoms with E-state index in [2.05, 4.69) is 0 Å². The zero-order valence-corrected chi connectivity index (χ0v) is 11.1. The molecule has 0 amide bonds. The molecule has 1 unspecified atom stereocenters. The summed E-state index contributed by atoms with van der Waals surface area (Å²) in [7, 11) is 1.70. The third kappa shape index (κ3) is 5.15. The zero-order chi connectivity index (χ0) is 12.7. The minimum atomic E-state index is 0.0955. The Balaban J connectivity index is 2.42. The monoisotopic (exact) mass is 253 g/mol. The molecule has 0 aromatic heterocycles. The second-order valence-corrected chi connectivity index (χ2v) is 4.47. The number of benzene rings is 1. The van der Waals surface area contributed by atoms with Gasteiger partial charge in [0.25, 0.3) is 0 Å². The van der Waals surface area contributed by atoms with Crippen LogP contribution in [0.2, 0.25) is 0 Å². The highest BCUT2D eigenvalue weighted by Crippen LogP contribution is 2.13. The van der Waals surface area contributed by atoms with E-state index in [1.807, 2.05) is 31.2 Å². The van der Waals surface area contributed by atoms with E-state index < -0.39 is 0 Å². The maximum Gasteiger partial charge on any atom is 0.119 e. The molecule has 17 heavy (non-hydrogen) atoms. The van der Waals surface area contributed by atoms with Gasteiger partial charge >= 0.3 is 0 Å². The molecule has 0 spiro atoms. The van der Waals surface area contributed by atoms with Gasteiger partial charge in [-0.3, -0.25) is 0 Å². The largest absolute Gasteiger partial charge is 0.493 e. The lowest BCUT2D eigenvalue weighted by molar-refractivity contribution is 0.202. The molecule has 1 atom stereocenters. The van der Waals surface area contributed by atoms with Gasteiger partial charge in [0.1, 0.15) is 5.75 Å². The Kier molecular flexibility index (Phi) is 5.94. The fraction of sp³-hybridized carbons (Fsp3) is 0.462. The van der Waals surface area contributed by atoms with Crippen molar-refractivity contribution in [2.75, 3.05) is 20.3 Å². The van der Waals surface area contributed by atoms with E-state index in [1.54, 1.807) is 7.11 Å². The summed E-state index contributed by atoms with van der Waals surface area (Å²) in [4.78, 5) is 0.488. The van der Waals surface area contributed by atoms with Gasteiger partial charge in [0.15, 0.2) is 0 Å². The first-order chi connectivity index (χ1) is 8.13. The first kappa shape index (κ1) is 13.9. The van der Waals surface area contributed by atoms with Gasteiger partial charge < -0.3 is 15.2 Å². The molecule has 1 aromatic carbocycles. The second kappa shape index (κ2) is 7.25. The molecule has 2 N–H and O–H groups in total. The molecule has 0 fully saturated rings. The fourth-order valence-electron chi connectivity index (χ4n) is 1.28. The maximum absolute atomic E-state index is 5.59. The summed E-state index contributed by atoms with van der Waals surface area (Å²) >= 11 is 4.89. The van der Waals surface area contributed by atoms with Gasteiger partial charge in [0.2, 0.25) is 0 Å². The number of nitrogens with two attached hydrogens (primary N) is 1. The van der Waals surface area contributed by atoms with Crippen molar-refractivity contribution in [2.45, 2.75) is 13.3 Å². The van der Waals surface area contributed by atoms with Crippen molar-refractivity contribution in [1.82, 2.24) is 0 Å². The van der Waals surface area contributed by atoms with Gasteiger partial charge in [-0.15, -0.1) is 0 Å². The molecule has 0 saturated carbocycles. The van der Waals surface area contributed by atoms with E-state index in [4.69, 9.17) is 27.4 Å². The molecular weight excluding hydrogens is 234 g/mol. The van der Waals surface area contributed by atoms with Crippen molar-refractivity contribution >= 4 is 17.2 Å². The molecule has 0 radical (unpaired) electrons. The lowest BCUT2D eigenvalue weighted by Crippen LogP contribution is -2.23. The van der Waals surface area contributed by atoms with Crippen LogP contribution in [0.15, 0.2) is 24.3 Å². The molecule has 0 heterocycles. The van der Waals surface area contributed by atoms with Gasteiger partial charge in [-0.1, -0.05) is 31.3 Å². The van der Waals surface area contributed by atoms with Gasteiger partial charge in [-0.05, 0) is 24.1 Å². The van der Waals surface area contributed by atoms with Gasteiger partial charge in [-0.25, -0.2) is 0 Å². The van der Waals surface area contributed by atoms with Crippen LogP contribution in [0.3, 0.4) is 0 Å². The van der Waals surface area contributed by atoms with Crippen LogP contribution in [0.25, 0.3) is 0 Å². The molecule has 0 saturated heterocycles. The van der Waals surface area contributed by atoms with Crippen molar-refractivity contribution < 1.29 is 9.47 Å². The number of rotatable bonds is 7. The molecule has 1 aromatic rings. The smallest absolute Gasteiger partial charge is 0.119 e. The average Bonchev–Trinajstić information content (AvgIpc) is 2.34. The van der Waals surface area contributed by atoms with E-state index >= 15 is 0 Å². The summed E-state index contributed by atoms with van der Waals surface area (Å²) in [5.74, 6) is 0.937. The third-order valence-electron chi connectivity index (χ3n) is 2.50. The fourth-order valence-corrected chi connectivity index (χ4v) is 1.34. The lowest BCUT2D eigenvalue weighted by Gasteiger charge is -2.11. The Morgan fingerprint density at radius 1 is 1.35 bits per heavy atom. The van der Waals surface area contributed by atoms with E-state index in [-0.39, 0.29) is 5.92 Å². The van der Waals surface area contributed by atoms with Crippen LogP contribution in [0.1, 0.15) is 12.5 Å². The van der Waals surface area contributed by atoms with E-state index in [9.17, 15) is 0 Å². The van der Waals surface area contributed by atoms with Crippen LogP contribution in [0.4, 0.5) is 0 Å². The van der Waals surface area contributed by atoms with Gasteiger partial charge in [0.05, 0.1) is 18.2 Å². The van der Waals surface area contributed by atoms with Gasteiger partial charge in [0, 0.05) is 13.0 Å². The van der Waals surface area contributed by atoms with Crippen LogP contribution in [0, 0.1) is 5.92 Å². The number of hydrogen-bond donors (Lipinski definition) is 1. The number of methoxy groups -OCH3 is 1. The summed E-state index contributed by atoms with van der Waals surface area (Å²) in [5, 5.41) is 0. The van der Waals surface area contributed by atoms with Crippen LogP contribution in [0.5, 0.6) is 5.75 Å². The summed E-state index contributed by atoms with van der Waals surface area (Å²) in [6.45, 7) is 3.21. The van der Waals surface area contributed by atoms with Crippen molar-refractivity contribution in [2.24, 2.45) is 11.7 Å². The molecule has 94 valence electrons. The average molecular weight is 253 g/mol. The van der Waals surface area contributed by atoms with Crippen molar-refractivity contribution in [3.05, 3.63) is 29.8 Å². The summed E-state index contributed by atoms with van der Waals surface area (Å²) in [5.41, 5.74) is 6.75. The van der Waals surface area contributed by atoms with Crippen molar-refractivity contribution in [3.8, 4) is 5.75 Å². The Bertz CT molecular complexity index is 351. The number of ether oxygens (including phenoxy) is 2. The van der Waals surface area contributed by atoms with Crippen LogP contribution in [-0.4, -0.2) is 25.3 Å². The maximum atomic E-state index is 5.59. The van der Waals surface area contributed by atoms with E-state index in [1.165, 1.54) is 5.56 Å². The highest BCUT2D eigenvalue weighted by Gasteiger charge is 2.05. The SMILES string of the molecule is COCCc1ccc(OCC(C)C(N)=S)cc1. The van der Waals surface area contributed by atoms with Crippen LogP contribution in [-0.2, 0) is 11.2 Å². The summed E-state index contributed by atoms with van der Waals surface area (Å²) < 4.78 is 10.6. The first-order valence-electron chi connectivity index (χ1n) is 5.63. The van der Waals surface area contributed by atoms with E-state index in [0.717, 1.165) is 18.8 Å². The highest BCUT2D eigenvalue weighted by atomic mass is 32.1. The molecule has 3 nitrogen and oxygen atoms in total. The third-order valence-corrected chi connectivity index (χ3v) is 2.91. The zero-order valence-electron chi connectivity index (χ0n) is 10.3. The Morgan fingerprint density at radius 2 is 2.00 bits per heavy atom. The summed E-state index contributed by atoms with van der Waals surface area (Å²) in [6.07, 6.45) is 0.917. The second-order valence-electron chi connectivity index (χ2n) is 4.00. The minimum Gasteiger partial charge on any atom is -0.493 e. The molecule has 1 rings (SSSR count). The molecule has 0 aliphatic heterocycles. The predicted octanol–water partition coefficient (Wildman–Crippen LogP) is 2.18. The van der Waals surface area contributed by atoms with E-state index in [0.29, 0.717) is 11.6 Å². The molecule has 0 bridgehead atoms. The van der Waals surface area contributed by atoms with Crippen molar-refractivity contribution in [3.63, 3.8) is 0 Å².